The van der Waals surface area contributed by atoms with Gasteiger partial charge in [0.25, 0.3) is 17.7 Å². The summed E-state index contributed by atoms with van der Waals surface area (Å²) in [7, 11) is 0. The summed E-state index contributed by atoms with van der Waals surface area (Å²) in [6.45, 7) is 3.59. The first kappa shape index (κ1) is 28.1. The molecule has 0 aromatic heterocycles. The number of rotatable bonds is 11. The Kier molecular flexibility index (Phi) is 8.79. The number of benzene rings is 3. The lowest BCUT2D eigenvalue weighted by molar-refractivity contribution is -0.162. The molecule has 0 radical (unpaired) electrons. The first-order valence-electron chi connectivity index (χ1n) is 14.2. The summed E-state index contributed by atoms with van der Waals surface area (Å²) in [6, 6.07) is 22.1. The van der Waals surface area contributed by atoms with Crippen LogP contribution in [0.1, 0.15) is 54.1 Å². The van der Waals surface area contributed by atoms with Crippen LogP contribution in [-0.2, 0) is 26.5 Å². The van der Waals surface area contributed by atoms with E-state index in [-0.39, 0.29) is 29.8 Å². The molecular weight excluding hydrogens is 516 g/mol. The number of amides is 3. The Bertz CT molecular complexity index is 1490. The minimum Gasteiger partial charge on any atom is -0.377 e. The van der Waals surface area contributed by atoms with Crippen molar-refractivity contribution >= 4 is 28.5 Å². The number of hydrogen-bond acceptors (Lipinski definition) is 5. The van der Waals surface area contributed by atoms with Crippen LogP contribution in [0.5, 0.6) is 0 Å². The fourth-order valence-corrected chi connectivity index (χ4v) is 5.03. The molecule has 8 heteroatoms. The van der Waals surface area contributed by atoms with Crippen LogP contribution in [-0.4, -0.2) is 42.5 Å². The molecule has 1 heterocycles. The van der Waals surface area contributed by atoms with E-state index in [0.717, 1.165) is 35.8 Å². The SMILES string of the molecule is CC/C=C(/NCc1ccccc1C(=O)NC1(c2ccc3ccccc3c2)CC1)C(=O)NC/C=C/C(=O)N1CCCO1. The Hall–Kier alpha value is -4.43. The number of hydroxylamine groups is 2. The highest BCUT2D eigenvalue weighted by atomic mass is 16.7. The van der Waals surface area contributed by atoms with Crippen LogP contribution >= 0.6 is 0 Å². The van der Waals surface area contributed by atoms with Crippen molar-refractivity contribution in [2.24, 2.45) is 0 Å². The van der Waals surface area contributed by atoms with Gasteiger partial charge >= 0.3 is 0 Å². The predicted octanol–water partition coefficient (Wildman–Crippen LogP) is 4.48. The summed E-state index contributed by atoms with van der Waals surface area (Å²) in [6.07, 6.45) is 8.09. The van der Waals surface area contributed by atoms with Gasteiger partial charge in [-0.15, -0.1) is 0 Å². The molecule has 0 atom stereocenters. The highest BCUT2D eigenvalue weighted by molar-refractivity contribution is 5.97. The molecule has 41 heavy (non-hydrogen) atoms. The fourth-order valence-electron chi connectivity index (χ4n) is 5.03. The monoisotopic (exact) mass is 552 g/mol. The molecule has 3 amide bonds. The Morgan fingerprint density at radius 2 is 1.76 bits per heavy atom. The summed E-state index contributed by atoms with van der Waals surface area (Å²) < 4.78 is 0. The van der Waals surface area contributed by atoms with Crippen LogP contribution in [0.15, 0.2) is 90.7 Å². The van der Waals surface area contributed by atoms with Crippen molar-refractivity contribution in [3.05, 3.63) is 107 Å². The molecule has 1 saturated heterocycles. The fraction of sp³-hybridized carbons (Fsp3) is 0.303. The molecule has 0 bridgehead atoms. The average molecular weight is 553 g/mol. The van der Waals surface area contributed by atoms with E-state index in [2.05, 4.69) is 46.3 Å². The molecule has 3 N–H and O–H groups in total. The van der Waals surface area contributed by atoms with E-state index in [1.165, 1.54) is 16.5 Å². The van der Waals surface area contributed by atoms with Crippen LogP contribution in [0.3, 0.4) is 0 Å². The molecule has 1 saturated carbocycles. The number of carbonyl (C=O) groups excluding carboxylic acids is 3. The standard InChI is InChI=1S/C33H36N4O4/c1-2-9-29(32(40)34-19-7-14-30(38)37-20-8-21-41-37)35-23-26-12-5-6-13-28(26)31(39)36-33(17-18-33)27-16-15-24-10-3-4-11-25(24)22-27/h3-7,9-16,22,35H,2,8,17-21,23H2,1H3,(H,34,40)(H,36,39)/b14-7+,29-9+. The van der Waals surface area contributed by atoms with E-state index in [1.807, 2.05) is 49.4 Å². The number of allylic oxidation sites excluding steroid dienone is 1. The van der Waals surface area contributed by atoms with Crippen molar-refractivity contribution in [1.29, 1.82) is 0 Å². The second-order valence-electron chi connectivity index (χ2n) is 10.4. The van der Waals surface area contributed by atoms with Gasteiger partial charge in [0, 0.05) is 24.7 Å². The van der Waals surface area contributed by atoms with Crippen molar-refractivity contribution in [3.8, 4) is 0 Å². The van der Waals surface area contributed by atoms with E-state index in [1.54, 1.807) is 6.08 Å². The summed E-state index contributed by atoms with van der Waals surface area (Å²) in [5, 5.41) is 13.0. The van der Waals surface area contributed by atoms with Gasteiger partial charge in [0.1, 0.15) is 0 Å². The molecular formula is C33H36N4O4. The predicted molar refractivity (Wildman–Crippen MR) is 158 cm³/mol. The molecule has 1 aliphatic heterocycles. The van der Waals surface area contributed by atoms with E-state index >= 15 is 0 Å². The zero-order valence-electron chi connectivity index (χ0n) is 23.3. The molecule has 1 aliphatic carbocycles. The molecule has 3 aromatic rings. The first-order chi connectivity index (χ1) is 20.0. The molecule has 0 unspecified atom stereocenters. The maximum absolute atomic E-state index is 13.5. The second-order valence-corrected chi connectivity index (χ2v) is 10.4. The maximum Gasteiger partial charge on any atom is 0.269 e. The molecule has 212 valence electrons. The summed E-state index contributed by atoms with van der Waals surface area (Å²) in [5.74, 6) is -0.644. The third-order valence-electron chi connectivity index (χ3n) is 7.43. The number of nitrogens with one attached hydrogen (secondary N) is 3. The van der Waals surface area contributed by atoms with E-state index in [9.17, 15) is 14.4 Å². The van der Waals surface area contributed by atoms with Gasteiger partial charge < -0.3 is 16.0 Å². The lowest BCUT2D eigenvalue weighted by Crippen LogP contribution is -2.36. The van der Waals surface area contributed by atoms with Gasteiger partial charge in [0.2, 0.25) is 0 Å². The number of nitrogens with zero attached hydrogens (tertiary/aromatic N) is 1. The van der Waals surface area contributed by atoms with Crippen molar-refractivity contribution in [1.82, 2.24) is 21.0 Å². The van der Waals surface area contributed by atoms with Crippen molar-refractivity contribution < 1.29 is 19.2 Å². The minimum absolute atomic E-state index is 0.129. The van der Waals surface area contributed by atoms with Crippen LogP contribution < -0.4 is 16.0 Å². The lowest BCUT2D eigenvalue weighted by atomic mass is 9.99. The molecule has 8 nitrogen and oxygen atoms in total. The van der Waals surface area contributed by atoms with Gasteiger partial charge in [0.05, 0.1) is 24.4 Å². The average Bonchev–Trinajstić information content (AvgIpc) is 3.56. The lowest BCUT2D eigenvalue weighted by Gasteiger charge is -2.20. The van der Waals surface area contributed by atoms with Gasteiger partial charge in [-0.2, -0.15) is 0 Å². The molecule has 0 spiro atoms. The van der Waals surface area contributed by atoms with Crippen LogP contribution in [0.25, 0.3) is 10.8 Å². The highest BCUT2D eigenvalue weighted by Crippen LogP contribution is 2.46. The van der Waals surface area contributed by atoms with E-state index < -0.39 is 0 Å². The van der Waals surface area contributed by atoms with Gasteiger partial charge in [-0.3, -0.25) is 19.2 Å². The maximum atomic E-state index is 13.5. The zero-order chi connectivity index (χ0) is 28.7. The Labute approximate surface area is 240 Å². The van der Waals surface area contributed by atoms with Gasteiger partial charge in [-0.25, -0.2) is 5.06 Å². The van der Waals surface area contributed by atoms with Crippen molar-refractivity contribution in [3.63, 3.8) is 0 Å². The van der Waals surface area contributed by atoms with Crippen LogP contribution in [0.2, 0.25) is 0 Å². The molecule has 2 fully saturated rings. The summed E-state index contributed by atoms with van der Waals surface area (Å²) >= 11 is 0. The van der Waals surface area contributed by atoms with Crippen molar-refractivity contribution in [2.75, 3.05) is 19.7 Å². The third-order valence-corrected chi connectivity index (χ3v) is 7.43. The second kappa shape index (κ2) is 12.8. The number of carbonyl (C=O) groups is 3. The van der Waals surface area contributed by atoms with E-state index in [0.29, 0.717) is 37.4 Å². The third kappa shape index (κ3) is 6.84. The quantitative estimate of drug-likeness (QED) is 0.305. The van der Waals surface area contributed by atoms with Gasteiger partial charge in [-0.05, 0) is 59.7 Å². The van der Waals surface area contributed by atoms with E-state index in [4.69, 9.17) is 4.84 Å². The molecule has 3 aromatic carbocycles. The molecule has 2 aliphatic rings. The topological polar surface area (TPSA) is 99.8 Å². The Morgan fingerprint density at radius 1 is 0.976 bits per heavy atom. The zero-order valence-corrected chi connectivity index (χ0v) is 23.3. The van der Waals surface area contributed by atoms with Crippen LogP contribution in [0.4, 0.5) is 0 Å². The van der Waals surface area contributed by atoms with Gasteiger partial charge in [0.15, 0.2) is 0 Å². The normalized spacial score (nSPS) is 16.1. The first-order valence-corrected chi connectivity index (χ1v) is 14.2. The summed E-state index contributed by atoms with van der Waals surface area (Å²) in [4.78, 5) is 43.6. The number of fused-ring (bicyclic) bond motifs is 1. The van der Waals surface area contributed by atoms with Crippen LogP contribution in [0, 0.1) is 0 Å². The largest absolute Gasteiger partial charge is 0.377 e. The Morgan fingerprint density at radius 3 is 2.51 bits per heavy atom. The Balaban J connectivity index is 1.20. The summed E-state index contributed by atoms with van der Waals surface area (Å²) in [5.41, 5.74) is 2.55. The smallest absolute Gasteiger partial charge is 0.269 e. The number of hydrogen-bond donors (Lipinski definition) is 3. The highest BCUT2D eigenvalue weighted by Gasteiger charge is 2.46. The molecule has 5 rings (SSSR count). The van der Waals surface area contributed by atoms with Crippen molar-refractivity contribution in [2.45, 2.75) is 44.7 Å². The van der Waals surface area contributed by atoms with Gasteiger partial charge in [-0.1, -0.05) is 73.7 Å². The minimum atomic E-state index is -0.357.